The Balaban J connectivity index is 2.06. The van der Waals surface area contributed by atoms with E-state index in [4.69, 9.17) is 46.4 Å². The van der Waals surface area contributed by atoms with E-state index in [1.165, 1.54) is 4.90 Å². The van der Waals surface area contributed by atoms with Crippen LogP contribution in [0, 0.1) is 0 Å². The third-order valence-electron chi connectivity index (χ3n) is 5.48. The Bertz CT molecular complexity index is 1140. The first-order valence-corrected chi connectivity index (χ1v) is 12.7. The number of carbonyl (C=O) groups is 2. The van der Waals surface area contributed by atoms with Gasteiger partial charge in [0.1, 0.15) is 6.04 Å². The van der Waals surface area contributed by atoms with Crippen LogP contribution >= 0.6 is 46.4 Å². The fourth-order valence-corrected chi connectivity index (χ4v) is 4.79. The number of nitrogens with one attached hydrogen (secondary N) is 1. The van der Waals surface area contributed by atoms with Crippen molar-refractivity contribution in [1.29, 1.82) is 0 Å². The summed E-state index contributed by atoms with van der Waals surface area (Å²) in [5.41, 5.74) is 1.97. The van der Waals surface area contributed by atoms with Crippen molar-refractivity contribution >= 4 is 58.2 Å². The molecular formula is C27H26Cl4N2O2. The van der Waals surface area contributed by atoms with Gasteiger partial charge < -0.3 is 10.2 Å². The maximum Gasteiger partial charge on any atom is 0.243 e. The van der Waals surface area contributed by atoms with E-state index in [1.807, 2.05) is 44.2 Å². The fourth-order valence-electron chi connectivity index (χ4n) is 3.74. The molecule has 0 aliphatic rings. The quantitative estimate of drug-likeness (QED) is 0.311. The van der Waals surface area contributed by atoms with Gasteiger partial charge in [-0.3, -0.25) is 9.59 Å². The minimum absolute atomic E-state index is 0.0441. The van der Waals surface area contributed by atoms with Gasteiger partial charge in [-0.05, 0) is 49.2 Å². The van der Waals surface area contributed by atoms with Crippen molar-refractivity contribution in [2.24, 2.45) is 0 Å². The molecular weight excluding hydrogens is 526 g/mol. The summed E-state index contributed by atoms with van der Waals surface area (Å²) in [6, 6.07) is 18.8. The maximum absolute atomic E-state index is 13.8. The van der Waals surface area contributed by atoms with E-state index < -0.39 is 6.04 Å². The van der Waals surface area contributed by atoms with E-state index in [-0.39, 0.29) is 30.8 Å². The van der Waals surface area contributed by atoms with Gasteiger partial charge in [0.25, 0.3) is 0 Å². The topological polar surface area (TPSA) is 49.4 Å². The molecule has 0 spiro atoms. The van der Waals surface area contributed by atoms with Gasteiger partial charge in [0.2, 0.25) is 11.8 Å². The van der Waals surface area contributed by atoms with Crippen LogP contribution in [0.2, 0.25) is 20.1 Å². The van der Waals surface area contributed by atoms with Crippen molar-refractivity contribution in [3.8, 4) is 0 Å². The molecule has 0 saturated carbocycles. The zero-order valence-electron chi connectivity index (χ0n) is 19.4. The minimum Gasteiger partial charge on any atom is -0.352 e. The lowest BCUT2D eigenvalue weighted by atomic mass is 10.0. The second-order valence-electron chi connectivity index (χ2n) is 8.47. The van der Waals surface area contributed by atoms with Crippen LogP contribution in [0.25, 0.3) is 0 Å². The molecule has 3 aromatic rings. The zero-order valence-corrected chi connectivity index (χ0v) is 22.4. The lowest BCUT2D eigenvalue weighted by Gasteiger charge is -2.33. The Morgan fingerprint density at radius 2 is 1.29 bits per heavy atom. The molecule has 0 aliphatic heterocycles. The summed E-state index contributed by atoms with van der Waals surface area (Å²) in [5.74, 6) is -0.596. The molecule has 0 fully saturated rings. The second kappa shape index (κ2) is 12.6. The number of hydrogen-bond donors (Lipinski definition) is 1. The molecule has 0 bridgehead atoms. The lowest BCUT2D eigenvalue weighted by Crippen LogP contribution is -2.52. The van der Waals surface area contributed by atoms with Crippen molar-refractivity contribution in [1.82, 2.24) is 10.2 Å². The smallest absolute Gasteiger partial charge is 0.243 e. The average molecular weight is 552 g/mol. The summed E-state index contributed by atoms with van der Waals surface area (Å²) in [6.07, 6.45) is 0.226. The Hall–Kier alpha value is -2.24. The molecule has 0 aliphatic carbocycles. The summed E-state index contributed by atoms with van der Waals surface area (Å²) in [5, 5.41) is 4.54. The number of carbonyl (C=O) groups excluding carboxylic acids is 2. The van der Waals surface area contributed by atoms with Crippen LogP contribution in [-0.4, -0.2) is 28.8 Å². The van der Waals surface area contributed by atoms with Crippen molar-refractivity contribution in [3.05, 3.63) is 104 Å². The molecule has 3 rings (SSSR count). The van der Waals surface area contributed by atoms with Crippen molar-refractivity contribution in [2.75, 3.05) is 0 Å². The fraction of sp³-hybridized carbons (Fsp3) is 0.259. The van der Waals surface area contributed by atoms with E-state index in [1.54, 1.807) is 36.4 Å². The number of nitrogens with zero attached hydrogens (tertiary/aromatic N) is 1. The lowest BCUT2D eigenvalue weighted by molar-refractivity contribution is -0.141. The van der Waals surface area contributed by atoms with Gasteiger partial charge in [-0.2, -0.15) is 0 Å². The monoisotopic (exact) mass is 550 g/mol. The SMILES string of the molecule is CC(C)NC(=O)[C@H](Cc1ccccc1)N(Cc1c(Cl)cccc1Cl)C(=O)Cc1c(Cl)cccc1Cl. The molecule has 0 radical (unpaired) electrons. The zero-order chi connectivity index (χ0) is 25.5. The summed E-state index contributed by atoms with van der Waals surface area (Å²) in [7, 11) is 0. The number of rotatable bonds is 9. The van der Waals surface area contributed by atoms with Crippen molar-refractivity contribution < 1.29 is 9.59 Å². The standard InChI is InChI=1S/C27H26Cl4N2O2/c1-17(2)32-27(35)25(14-18-8-4-3-5-9-18)33(16-20-23(30)12-7-13-24(20)31)26(34)15-19-21(28)10-6-11-22(19)29/h3-13,17,25H,14-16H2,1-2H3,(H,32,35)/t25-/m0/s1. The van der Waals surface area contributed by atoms with E-state index in [0.717, 1.165) is 5.56 Å². The van der Waals surface area contributed by atoms with Gasteiger partial charge in [-0.25, -0.2) is 0 Å². The Morgan fingerprint density at radius 3 is 1.80 bits per heavy atom. The molecule has 8 heteroatoms. The van der Waals surface area contributed by atoms with Crippen LogP contribution in [0.5, 0.6) is 0 Å². The van der Waals surface area contributed by atoms with Crippen LogP contribution in [0.4, 0.5) is 0 Å². The third-order valence-corrected chi connectivity index (χ3v) is 6.90. The predicted octanol–water partition coefficient (Wildman–Crippen LogP) is 7.01. The normalized spacial score (nSPS) is 11.9. The number of amides is 2. The van der Waals surface area contributed by atoms with Crippen LogP contribution in [0.1, 0.15) is 30.5 Å². The molecule has 3 aromatic carbocycles. The van der Waals surface area contributed by atoms with Gasteiger partial charge in [0, 0.05) is 44.7 Å². The largest absolute Gasteiger partial charge is 0.352 e. The van der Waals surface area contributed by atoms with Crippen molar-refractivity contribution in [3.63, 3.8) is 0 Å². The van der Waals surface area contributed by atoms with Crippen LogP contribution in [0.15, 0.2) is 66.7 Å². The van der Waals surface area contributed by atoms with E-state index in [2.05, 4.69) is 5.32 Å². The molecule has 4 nitrogen and oxygen atoms in total. The molecule has 0 unspecified atom stereocenters. The van der Waals surface area contributed by atoms with Gasteiger partial charge in [-0.1, -0.05) is 88.9 Å². The molecule has 0 heterocycles. The van der Waals surface area contributed by atoms with Gasteiger partial charge in [-0.15, -0.1) is 0 Å². The van der Waals surface area contributed by atoms with E-state index >= 15 is 0 Å². The first-order chi connectivity index (χ1) is 16.7. The van der Waals surface area contributed by atoms with Crippen LogP contribution in [0.3, 0.4) is 0 Å². The van der Waals surface area contributed by atoms with Crippen molar-refractivity contribution in [2.45, 2.75) is 45.3 Å². The average Bonchev–Trinajstić information content (AvgIpc) is 2.80. The number of halogens is 4. The Kier molecular flexibility index (Phi) is 9.88. The second-order valence-corrected chi connectivity index (χ2v) is 10.1. The summed E-state index contributed by atoms with van der Waals surface area (Å²) < 4.78 is 0. The maximum atomic E-state index is 13.8. The minimum atomic E-state index is -0.819. The molecule has 35 heavy (non-hydrogen) atoms. The molecule has 0 aromatic heterocycles. The van der Waals surface area contributed by atoms with E-state index in [0.29, 0.717) is 37.6 Å². The molecule has 1 atom stereocenters. The highest BCUT2D eigenvalue weighted by molar-refractivity contribution is 6.36. The number of hydrogen-bond acceptors (Lipinski definition) is 2. The van der Waals surface area contributed by atoms with E-state index in [9.17, 15) is 9.59 Å². The first kappa shape index (κ1) is 27.3. The Labute approximate surface area is 226 Å². The van der Waals surface area contributed by atoms with Gasteiger partial charge in [0.15, 0.2) is 0 Å². The summed E-state index contributed by atoms with van der Waals surface area (Å²) >= 11 is 25.6. The third kappa shape index (κ3) is 7.37. The van der Waals surface area contributed by atoms with Crippen LogP contribution in [-0.2, 0) is 29.0 Å². The van der Waals surface area contributed by atoms with Gasteiger partial charge >= 0.3 is 0 Å². The van der Waals surface area contributed by atoms with Crippen LogP contribution < -0.4 is 5.32 Å². The molecule has 184 valence electrons. The molecule has 1 N–H and O–H groups in total. The van der Waals surface area contributed by atoms with Gasteiger partial charge in [0.05, 0.1) is 6.42 Å². The molecule has 0 saturated heterocycles. The summed E-state index contributed by atoms with van der Waals surface area (Å²) in [6.45, 7) is 3.79. The Morgan fingerprint density at radius 1 is 0.771 bits per heavy atom. The number of benzene rings is 3. The highest BCUT2D eigenvalue weighted by atomic mass is 35.5. The molecule has 2 amide bonds. The first-order valence-electron chi connectivity index (χ1n) is 11.2. The summed E-state index contributed by atoms with van der Waals surface area (Å²) in [4.78, 5) is 28.7. The highest BCUT2D eigenvalue weighted by Crippen LogP contribution is 2.29. The highest BCUT2D eigenvalue weighted by Gasteiger charge is 2.32. The predicted molar refractivity (Wildman–Crippen MR) is 144 cm³/mol.